The number of amides is 1. The standard InChI is InChI=1S/C14H18FNO5S/c1-3-20-10-5-6-13(21-4-2)12(7-10)16-9-11(8-14(16)17)22(15,18)19/h5-7,11H,3-4,8-9H2,1-2H3. The van der Waals surface area contributed by atoms with Crippen molar-refractivity contribution in [2.75, 3.05) is 24.7 Å². The van der Waals surface area contributed by atoms with Crippen LogP contribution in [0.5, 0.6) is 11.5 Å². The van der Waals surface area contributed by atoms with E-state index in [-0.39, 0.29) is 13.0 Å². The van der Waals surface area contributed by atoms with Crippen LogP contribution in [0.1, 0.15) is 20.3 Å². The molecule has 1 amide bonds. The second kappa shape index (κ2) is 6.51. The minimum absolute atomic E-state index is 0.229. The molecule has 1 aliphatic heterocycles. The SMILES string of the molecule is CCOc1ccc(OCC)c(N2CC(S(=O)(=O)F)CC2=O)c1. The van der Waals surface area contributed by atoms with Gasteiger partial charge in [-0.25, -0.2) is 0 Å². The maximum absolute atomic E-state index is 13.1. The summed E-state index contributed by atoms with van der Waals surface area (Å²) in [6, 6.07) is 4.94. The first-order valence-electron chi connectivity index (χ1n) is 7.00. The van der Waals surface area contributed by atoms with Gasteiger partial charge in [-0.2, -0.15) is 8.42 Å². The predicted octanol–water partition coefficient (Wildman–Crippen LogP) is 1.89. The van der Waals surface area contributed by atoms with Crippen molar-refractivity contribution in [3.05, 3.63) is 18.2 Å². The van der Waals surface area contributed by atoms with Crippen molar-refractivity contribution in [3.8, 4) is 11.5 Å². The van der Waals surface area contributed by atoms with E-state index < -0.39 is 21.4 Å². The number of anilines is 1. The van der Waals surface area contributed by atoms with Crippen molar-refractivity contribution in [2.24, 2.45) is 0 Å². The third kappa shape index (κ3) is 3.49. The van der Waals surface area contributed by atoms with Crippen LogP contribution in [-0.2, 0) is 15.0 Å². The zero-order chi connectivity index (χ0) is 16.3. The van der Waals surface area contributed by atoms with Crippen LogP contribution in [0.15, 0.2) is 18.2 Å². The highest BCUT2D eigenvalue weighted by atomic mass is 32.3. The van der Waals surface area contributed by atoms with Crippen LogP contribution >= 0.6 is 0 Å². The predicted molar refractivity (Wildman–Crippen MR) is 79.6 cm³/mol. The lowest BCUT2D eigenvalue weighted by molar-refractivity contribution is -0.117. The number of halogens is 1. The highest BCUT2D eigenvalue weighted by molar-refractivity contribution is 7.87. The lowest BCUT2D eigenvalue weighted by Crippen LogP contribution is -2.27. The summed E-state index contributed by atoms with van der Waals surface area (Å²) >= 11 is 0. The van der Waals surface area contributed by atoms with Crippen LogP contribution in [0.25, 0.3) is 0 Å². The number of rotatable bonds is 6. The van der Waals surface area contributed by atoms with Gasteiger partial charge >= 0.3 is 10.2 Å². The topological polar surface area (TPSA) is 72.9 Å². The number of benzene rings is 1. The summed E-state index contributed by atoms with van der Waals surface area (Å²) in [7, 11) is -4.76. The molecule has 8 heteroatoms. The first-order valence-corrected chi connectivity index (χ1v) is 8.45. The molecule has 1 aromatic rings. The molecule has 6 nitrogen and oxygen atoms in total. The van der Waals surface area contributed by atoms with Gasteiger partial charge in [0.2, 0.25) is 5.91 Å². The van der Waals surface area contributed by atoms with E-state index >= 15 is 0 Å². The molecule has 0 saturated carbocycles. The number of carbonyl (C=O) groups is 1. The fraction of sp³-hybridized carbons (Fsp3) is 0.500. The molecule has 122 valence electrons. The molecule has 0 spiro atoms. The quantitative estimate of drug-likeness (QED) is 0.744. The van der Waals surface area contributed by atoms with Gasteiger partial charge in [0.15, 0.2) is 0 Å². The van der Waals surface area contributed by atoms with Crippen molar-refractivity contribution in [3.63, 3.8) is 0 Å². The molecule has 1 fully saturated rings. The molecule has 0 N–H and O–H groups in total. The molecule has 1 saturated heterocycles. The maximum atomic E-state index is 13.1. The Morgan fingerprint density at radius 2 is 1.95 bits per heavy atom. The van der Waals surface area contributed by atoms with Gasteiger partial charge in [0, 0.05) is 19.0 Å². The molecule has 1 unspecified atom stereocenters. The van der Waals surface area contributed by atoms with Crippen molar-refractivity contribution in [2.45, 2.75) is 25.5 Å². The molecule has 0 radical (unpaired) electrons. The van der Waals surface area contributed by atoms with Crippen LogP contribution in [0.4, 0.5) is 9.57 Å². The fourth-order valence-corrected chi connectivity index (χ4v) is 3.01. The van der Waals surface area contributed by atoms with E-state index in [9.17, 15) is 17.1 Å². The summed E-state index contributed by atoms with van der Waals surface area (Å²) in [5.74, 6) is 0.498. The lowest BCUT2D eigenvalue weighted by atomic mass is 10.2. The summed E-state index contributed by atoms with van der Waals surface area (Å²) in [5.41, 5.74) is 0.393. The van der Waals surface area contributed by atoms with E-state index in [2.05, 4.69) is 0 Å². The van der Waals surface area contributed by atoms with Crippen LogP contribution < -0.4 is 14.4 Å². The summed E-state index contributed by atoms with van der Waals surface area (Å²) in [5, 5.41) is -1.34. The average molecular weight is 331 g/mol. The molecule has 0 bridgehead atoms. The molecular weight excluding hydrogens is 313 g/mol. The van der Waals surface area contributed by atoms with Gasteiger partial charge < -0.3 is 14.4 Å². The van der Waals surface area contributed by atoms with Crippen molar-refractivity contribution < 1.29 is 26.6 Å². The molecule has 0 aromatic heterocycles. The largest absolute Gasteiger partial charge is 0.494 e. The summed E-state index contributed by atoms with van der Waals surface area (Å²) in [6.07, 6.45) is -0.372. The molecule has 1 aliphatic rings. The van der Waals surface area contributed by atoms with E-state index in [0.717, 1.165) is 0 Å². The van der Waals surface area contributed by atoms with Gasteiger partial charge in [0.1, 0.15) is 16.7 Å². The highest BCUT2D eigenvalue weighted by Gasteiger charge is 2.40. The van der Waals surface area contributed by atoms with Gasteiger partial charge in [-0.3, -0.25) is 4.79 Å². The molecule has 1 aromatic carbocycles. The van der Waals surface area contributed by atoms with E-state index in [1.165, 1.54) is 4.90 Å². The zero-order valence-electron chi connectivity index (χ0n) is 12.4. The zero-order valence-corrected chi connectivity index (χ0v) is 13.2. The van der Waals surface area contributed by atoms with Gasteiger partial charge in [-0.1, -0.05) is 0 Å². The second-order valence-electron chi connectivity index (χ2n) is 4.80. The van der Waals surface area contributed by atoms with Crippen LogP contribution in [0.3, 0.4) is 0 Å². The van der Waals surface area contributed by atoms with Crippen LogP contribution in [0.2, 0.25) is 0 Å². The average Bonchev–Trinajstić information content (AvgIpc) is 2.83. The molecule has 0 aliphatic carbocycles. The molecule has 22 heavy (non-hydrogen) atoms. The summed E-state index contributed by atoms with van der Waals surface area (Å²) < 4.78 is 46.1. The minimum Gasteiger partial charge on any atom is -0.494 e. The number of ether oxygens (including phenoxy) is 2. The molecular formula is C14H18FNO5S. The van der Waals surface area contributed by atoms with E-state index in [1.54, 1.807) is 25.1 Å². The van der Waals surface area contributed by atoms with Gasteiger partial charge in [-0.15, -0.1) is 3.89 Å². The Balaban J connectivity index is 2.37. The van der Waals surface area contributed by atoms with Crippen LogP contribution in [0, 0.1) is 0 Å². The fourth-order valence-electron chi connectivity index (χ4n) is 2.34. The summed E-state index contributed by atoms with van der Waals surface area (Å²) in [4.78, 5) is 13.3. The monoisotopic (exact) mass is 331 g/mol. The summed E-state index contributed by atoms with van der Waals surface area (Å²) in [6.45, 7) is 4.22. The Hall–Kier alpha value is -1.83. The Labute approximate surface area is 129 Å². The molecule has 1 atom stereocenters. The number of carbonyl (C=O) groups excluding carboxylic acids is 1. The van der Waals surface area contributed by atoms with Gasteiger partial charge in [-0.05, 0) is 26.0 Å². The van der Waals surface area contributed by atoms with Gasteiger partial charge in [0.25, 0.3) is 0 Å². The Kier molecular flexibility index (Phi) is 4.90. The van der Waals surface area contributed by atoms with E-state index in [1.807, 2.05) is 6.92 Å². The maximum Gasteiger partial charge on any atom is 0.307 e. The van der Waals surface area contributed by atoms with Crippen molar-refractivity contribution in [1.29, 1.82) is 0 Å². The van der Waals surface area contributed by atoms with Gasteiger partial charge in [0.05, 0.1) is 18.9 Å². The first kappa shape index (κ1) is 16.5. The molecule has 2 rings (SSSR count). The Bertz CT molecular complexity index is 661. The Morgan fingerprint density at radius 1 is 1.27 bits per heavy atom. The number of nitrogens with zero attached hydrogens (tertiary/aromatic N) is 1. The lowest BCUT2D eigenvalue weighted by Gasteiger charge is -2.20. The first-order chi connectivity index (χ1) is 10.4. The number of hydrogen-bond acceptors (Lipinski definition) is 5. The molecule has 1 heterocycles. The second-order valence-corrected chi connectivity index (χ2v) is 6.42. The van der Waals surface area contributed by atoms with Crippen LogP contribution in [-0.4, -0.2) is 39.3 Å². The highest BCUT2D eigenvalue weighted by Crippen LogP contribution is 2.36. The third-order valence-corrected chi connectivity index (χ3v) is 4.43. The Morgan fingerprint density at radius 3 is 2.50 bits per heavy atom. The number of hydrogen-bond donors (Lipinski definition) is 0. The van der Waals surface area contributed by atoms with Crippen molar-refractivity contribution >= 4 is 21.8 Å². The minimum atomic E-state index is -4.76. The normalized spacial score (nSPS) is 18.6. The van der Waals surface area contributed by atoms with E-state index in [4.69, 9.17) is 9.47 Å². The smallest absolute Gasteiger partial charge is 0.307 e. The van der Waals surface area contributed by atoms with E-state index in [0.29, 0.717) is 30.4 Å². The van der Waals surface area contributed by atoms with Crippen molar-refractivity contribution in [1.82, 2.24) is 0 Å². The third-order valence-electron chi connectivity index (χ3n) is 3.32.